The number of allylic oxidation sites excluding steroid dienone is 2. The number of nitrogens with zero attached hydrogens (tertiary/aromatic N) is 3. The van der Waals surface area contributed by atoms with Crippen molar-refractivity contribution >= 4 is 23.4 Å². The number of rotatable bonds is 6. The van der Waals surface area contributed by atoms with Gasteiger partial charge in [-0.05, 0) is 36.8 Å². The molecule has 0 saturated heterocycles. The summed E-state index contributed by atoms with van der Waals surface area (Å²) in [6.45, 7) is 0.969. The van der Waals surface area contributed by atoms with Crippen LogP contribution >= 0.6 is 0 Å². The van der Waals surface area contributed by atoms with Crippen molar-refractivity contribution in [2.24, 2.45) is 5.92 Å². The Morgan fingerprint density at radius 2 is 2.03 bits per heavy atom. The summed E-state index contributed by atoms with van der Waals surface area (Å²) < 4.78 is 6.89. The van der Waals surface area contributed by atoms with Gasteiger partial charge in [-0.1, -0.05) is 12.8 Å². The molecule has 0 atom stereocenters. The molecule has 33 heavy (non-hydrogen) atoms. The molecule has 3 N–H and O–H groups in total. The third kappa shape index (κ3) is 4.59. The highest BCUT2D eigenvalue weighted by Gasteiger charge is 2.23. The lowest BCUT2D eigenvalue weighted by molar-refractivity contribution is -0.125. The van der Waals surface area contributed by atoms with Gasteiger partial charge in [-0.2, -0.15) is 5.10 Å². The molecule has 1 saturated carbocycles. The predicted octanol–water partition coefficient (Wildman–Crippen LogP) is 1.46. The highest BCUT2D eigenvalue weighted by molar-refractivity contribution is 5.98. The number of amides is 3. The van der Waals surface area contributed by atoms with Crippen LogP contribution in [-0.2, 0) is 9.53 Å². The number of nitrogens with one attached hydrogen (secondary N) is 3. The Balaban J connectivity index is 1.28. The van der Waals surface area contributed by atoms with E-state index in [0.717, 1.165) is 30.6 Å². The monoisotopic (exact) mass is 450 g/mol. The summed E-state index contributed by atoms with van der Waals surface area (Å²) in [5.41, 5.74) is 2.48. The minimum Gasteiger partial charge on any atom is -0.486 e. The Morgan fingerprint density at radius 3 is 2.88 bits per heavy atom. The normalized spacial score (nSPS) is 18.4. The molecule has 2 aliphatic carbocycles. The number of ether oxygens (including phenoxy) is 1. The van der Waals surface area contributed by atoms with Crippen LogP contribution in [0.3, 0.4) is 0 Å². The van der Waals surface area contributed by atoms with Crippen LogP contribution in [-0.4, -0.2) is 52.0 Å². The molecule has 3 aliphatic rings. The first-order chi connectivity index (χ1) is 16.1. The second-order valence-corrected chi connectivity index (χ2v) is 8.65. The van der Waals surface area contributed by atoms with E-state index in [2.05, 4.69) is 26.0 Å². The van der Waals surface area contributed by atoms with Gasteiger partial charge >= 0.3 is 0 Å². The van der Waals surface area contributed by atoms with E-state index in [-0.39, 0.29) is 35.7 Å². The number of carbonyl (C=O) groups excluding carboxylic acids is 3. The van der Waals surface area contributed by atoms with Gasteiger partial charge < -0.3 is 20.7 Å². The van der Waals surface area contributed by atoms with E-state index in [9.17, 15) is 14.4 Å². The maximum Gasteiger partial charge on any atom is 0.270 e. The zero-order chi connectivity index (χ0) is 22.8. The summed E-state index contributed by atoms with van der Waals surface area (Å²) >= 11 is 0. The molecular formula is C23H26N6O4. The molecule has 1 fully saturated rings. The summed E-state index contributed by atoms with van der Waals surface area (Å²) in [6, 6.07) is 3.14. The summed E-state index contributed by atoms with van der Waals surface area (Å²) in [4.78, 5) is 41.6. The average molecular weight is 450 g/mol. The SMILES string of the molecule is O=C1COC2=C(C=C(CNC(=O)c3cc(C(=O)NCC4CCCC4)n4nccc4n3)CC2)N1. The zero-order valence-electron chi connectivity index (χ0n) is 18.2. The molecule has 0 radical (unpaired) electrons. The molecule has 1 aliphatic heterocycles. The smallest absolute Gasteiger partial charge is 0.270 e. The third-order valence-corrected chi connectivity index (χ3v) is 6.30. The van der Waals surface area contributed by atoms with E-state index in [1.165, 1.54) is 23.4 Å². The average Bonchev–Trinajstić information content (AvgIpc) is 3.52. The van der Waals surface area contributed by atoms with Gasteiger partial charge in [-0.3, -0.25) is 14.4 Å². The van der Waals surface area contributed by atoms with Gasteiger partial charge in [-0.15, -0.1) is 0 Å². The minimum atomic E-state index is -0.381. The van der Waals surface area contributed by atoms with Crippen molar-refractivity contribution in [1.29, 1.82) is 0 Å². The van der Waals surface area contributed by atoms with Gasteiger partial charge in [0.2, 0.25) is 0 Å². The van der Waals surface area contributed by atoms with E-state index >= 15 is 0 Å². The number of carbonyl (C=O) groups is 3. The fourth-order valence-corrected chi connectivity index (χ4v) is 4.52. The minimum absolute atomic E-state index is 0.0397. The number of hydrogen-bond acceptors (Lipinski definition) is 6. The van der Waals surface area contributed by atoms with Crippen molar-refractivity contribution in [3.8, 4) is 0 Å². The first-order valence-electron chi connectivity index (χ1n) is 11.3. The van der Waals surface area contributed by atoms with Gasteiger partial charge in [0.15, 0.2) is 12.3 Å². The molecule has 5 rings (SSSR count). The fourth-order valence-electron chi connectivity index (χ4n) is 4.52. The topological polar surface area (TPSA) is 127 Å². The number of aromatic nitrogens is 3. The summed E-state index contributed by atoms with van der Waals surface area (Å²) in [5.74, 6) is 0.436. The molecule has 0 bridgehead atoms. The van der Waals surface area contributed by atoms with Crippen LogP contribution in [0.5, 0.6) is 0 Å². The van der Waals surface area contributed by atoms with E-state index in [1.807, 2.05) is 6.08 Å². The third-order valence-electron chi connectivity index (χ3n) is 6.30. The van der Waals surface area contributed by atoms with Gasteiger partial charge in [0.25, 0.3) is 17.7 Å². The highest BCUT2D eigenvalue weighted by atomic mass is 16.5. The van der Waals surface area contributed by atoms with Crippen LogP contribution in [0.25, 0.3) is 5.65 Å². The zero-order valence-corrected chi connectivity index (χ0v) is 18.2. The summed E-state index contributed by atoms with van der Waals surface area (Å²) in [6.07, 6.45) is 9.45. The van der Waals surface area contributed by atoms with Gasteiger partial charge in [0.05, 0.1) is 11.9 Å². The summed E-state index contributed by atoms with van der Waals surface area (Å²) in [7, 11) is 0. The van der Waals surface area contributed by atoms with Crippen molar-refractivity contribution in [2.75, 3.05) is 19.7 Å². The van der Waals surface area contributed by atoms with Crippen molar-refractivity contribution in [1.82, 2.24) is 30.5 Å². The number of fused-ring (bicyclic) bond motifs is 1. The van der Waals surface area contributed by atoms with Gasteiger partial charge in [0, 0.05) is 31.6 Å². The Labute approximate surface area is 190 Å². The van der Waals surface area contributed by atoms with E-state index in [4.69, 9.17) is 4.74 Å². The largest absolute Gasteiger partial charge is 0.486 e. The Kier molecular flexibility index (Phi) is 5.80. The van der Waals surface area contributed by atoms with Crippen LogP contribution in [0.15, 0.2) is 41.4 Å². The van der Waals surface area contributed by atoms with E-state index in [1.54, 1.807) is 12.3 Å². The highest BCUT2D eigenvalue weighted by Crippen LogP contribution is 2.25. The van der Waals surface area contributed by atoms with Crippen LogP contribution in [0.1, 0.15) is 59.5 Å². The molecule has 2 aromatic heterocycles. The lowest BCUT2D eigenvalue weighted by Gasteiger charge is -2.24. The maximum absolute atomic E-state index is 12.9. The standard InChI is InChI=1S/C23H26N6O4/c30-21-13-33-19-6-5-15(9-16(19)28-21)12-24-22(31)17-10-18(29-20(27-17)7-8-26-29)23(32)25-11-14-3-1-2-4-14/h7-10,14H,1-6,11-13H2,(H,24,31)(H,25,32)(H,28,30). The lowest BCUT2D eigenvalue weighted by Crippen LogP contribution is -2.34. The first kappa shape index (κ1) is 21.2. The molecule has 172 valence electrons. The number of hydrogen-bond donors (Lipinski definition) is 3. The van der Waals surface area contributed by atoms with Crippen molar-refractivity contribution in [2.45, 2.75) is 38.5 Å². The van der Waals surface area contributed by atoms with Crippen molar-refractivity contribution < 1.29 is 19.1 Å². The molecule has 0 unspecified atom stereocenters. The molecule has 10 nitrogen and oxygen atoms in total. The molecular weight excluding hydrogens is 424 g/mol. The molecule has 10 heteroatoms. The first-order valence-corrected chi connectivity index (χ1v) is 11.3. The quantitative estimate of drug-likeness (QED) is 0.612. The van der Waals surface area contributed by atoms with Crippen molar-refractivity contribution in [3.63, 3.8) is 0 Å². The van der Waals surface area contributed by atoms with E-state index < -0.39 is 0 Å². The summed E-state index contributed by atoms with van der Waals surface area (Å²) in [5, 5.41) is 12.8. The van der Waals surface area contributed by atoms with Crippen LogP contribution in [0.4, 0.5) is 0 Å². The Bertz CT molecular complexity index is 1170. The maximum atomic E-state index is 12.9. The van der Waals surface area contributed by atoms with Gasteiger partial charge in [0.1, 0.15) is 17.1 Å². The second-order valence-electron chi connectivity index (χ2n) is 8.65. The molecule has 3 amide bonds. The lowest BCUT2D eigenvalue weighted by atomic mass is 10.0. The van der Waals surface area contributed by atoms with Crippen LogP contribution in [0, 0.1) is 5.92 Å². The molecule has 3 heterocycles. The van der Waals surface area contributed by atoms with Crippen LogP contribution in [0.2, 0.25) is 0 Å². The van der Waals surface area contributed by atoms with Gasteiger partial charge in [-0.25, -0.2) is 9.50 Å². The molecule has 2 aromatic rings. The fraction of sp³-hybridized carbons (Fsp3) is 0.435. The molecule has 0 aromatic carbocycles. The van der Waals surface area contributed by atoms with Crippen molar-refractivity contribution in [3.05, 3.63) is 52.8 Å². The Morgan fingerprint density at radius 1 is 1.18 bits per heavy atom. The predicted molar refractivity (Wildman–Crippen MR) is 118 cm³/mol. The van der Waals surface area contributed by atoms with E-state index in [0.29, 0.717) is 36.8 Å². The Hall–Kier alpha value is -3.69. The second kappa shape index (κ2) is 9.05. The molecule has 0 spiro atoms. The van der Waals surface area contributed by atoms with Crippen LogP contribution < -0.4 is 16.0 Å².